The average molecular weight is 502 g/mol. The van der Waals surface area contributed by atoms with E-state index in [1.54, 1.807) is 60.7 Å². The summed E-state index contributed by atoms with van der Waals surface area (Å²) in [5, 5.41) is 12.9. The predicted octanol–water partition coefficient (Wildman–Crippen LogP) is 5.14. The van der Waals surface area contributed by atoms with Crippen molar-refractivity contribution in [2.24, 2.45) is 4.99 Å². The van der Waals surface area contributed by atoms with Gasteiger partial charge < -0.3 is 14.7 Å². The number of hydrogen-bond donors (Lipinski definition) is 1. The van der Waals surface area contributed by atoms with E-state index in [1.165, 1.54) is 17.7 Å². The molecule has 1 aliphatic heterocycles. The summed E-state index contributed by atoms with van der Waals surface area (Å²) in [5.41, 5.74) is 2.36. The van der Waals surface area contributed by atoms with Crippen LogP contribution in [-0.4, -0.2) is 48.0 Å². The fraction of sp³-hybridized carbons (Fsp3) is 0.179. The molecule has 4 aromatic rings. The van der Waals surface area contributed by atoms with Gasteiger partial charge in [-0.3, -0.25) is 14.6 Å². The Morgan fingerprint density at radius 1 is 1.00 bits per heavy atom. The minimum absolute atomic E-state index is 0.0644. The van der Waals surface area contributed by atoms with Gasteiger partial charge in [-0.25, -0.2) is 4.57 Å². The van der Waals surface area contributed by atoms with Gasteiger partial charge in [0.05, 0.1) is 35.8 Å². The van der Waals surface area contributed by atoms with Gasteiger partial charge in [0.2, 0.25) is 5.88 Å². The number of ketones is 1. The lowest BCUT2D eigenvalue weighted by atomic mass is 10.1. The van der Waals surface area contributed by atoms with E-state index in [9.17, 15) is 14.7 Å². The second-order valence-electron chi connectivity index (χ2n) is 8.52. The van der Waals surface area contributed by atoms with Crippen LogP contribution in [0.25, 0.3) is 16.5 Å². The number of nitrogens with zero attached hydrogens (tertiary/aromatic N) is 3. The lowest BCUT2D eigenvalue weighted by Crippen LogP contribution is -2.37. The number of ether oxygens (including phenoxy) is 1. The van der Waals surface area contributed by atoms with Gasteiger partial charge in [-0.1, -0.05) is 41.9 Å². The van der Waals surface area contributed by atoms with Crippen molar-refractivity contribution >= 4 is 45.7 Å². The summed E-state index contributed by atoms with van der Waals surface area (Å²) >= 11 is 6.36. The highest BCUT2D eigenvalue weighted by molar-refractivity contribution is 6.30. The summed E-state index contributed by atoms with van der Waals surface area (Å²) in [5.74, 6) is -0.313. The minimum Gasteiger partial charge on any atom is -0.494 e. The molecule has 36 heavy (non-hydrogen) atoms. The molecule has 3 aromatic carbocycles. The third-order valence-electron chi connectivity index (χ3n) is 6.23. The summed E-state index contributed by atoms with van der Waals surface area (Å²) in [6.45, 7) is 3.93. The van der Waals surface area contributed by atoms with Crippen LogP contribution in [0.1, 0.15) is 22.8 Å². The van der Waals surface area contributed by atoms with Crippen LogP contribution in [0.4, 0.5) is 11.4 Å². The Morgan fingerprint density at radius 3 is 2.50 bits per heavy atom. The molecule has 1 saturated heterocycles. The molecule has 0 amide bonds. The van der Waals surface area contributed by atoms with Crippen molar-refractivity contribution < 1.29 is 14.6 Å². The summed E-state index contributed by atoms with van der Waals surface area (Å²) in [6, 6.07) is 19.3. The molecule has 1 aromatic heterocycles. The Bertz CT molecular complexity index is 1550. The number of aromatic hydroxyl groups is 1. The lowest BCUT2D eigenvalue weighted by Gasteiger charge is -2.31. The van der Waals surface area contributed by atoms with E-state index in [0.717, 1.165) is 5.69 Å². The highest BCUT2D eigenvalue weighted by Gasteiger charge is 2.22. The first-order chi connectivity index (χ1) is 17.4. The summed E-state index contributed by atoms with van der Waals surface area (Å²) < 4.78 is 6.77. The maximum Gasteiger partial charge on any atom is 0.265 e. The van der Waals surface area contributed by atoms with E-state index in [1.807, 2.05) is 6.07 Å². The Kier molecular flexibility index (Phi) is 6.59. The van der Waals surface area contributed by atoms with Crippen molar-refractivity contribution in [2.75, 3.05) is 31.2 Å². The highest BCUT2D eigenvalue weighted by Crippen LogP contribution is 2.33. The molecule has 0 unspecified atom stereocenters. The molecule has 0 saturated carbocycles. The van der Waals surface area contributed by atoms with Crippen molar-refractivity contribution in [3.63, 3.8) is 0 Å². The first-order valence-corrected chi connectivity index (χ1v) is 12.0. The Morgan fingerprint density at radius 2 is 1.75 bits per heavy atom. The Balaban J connectivity index is 1.72. The highest BCUT2D eigenvalue weighted by atomic mass is 35.5. The number of pyridine rings is 1. The van der Waals surface area contributed by atoms with Crippen LogP contribution in [0.2, 0.25) is 5.02 Å². The summed E-state index contributed by atoms with van der Waals surface area (Å²) in [4.78, 5) is 32.1. The van der Waals surface area contributed by atoms with Crippen LogP contribution < -0.4 is 10.5 Å². The Labute approximate surface area is 212 Å². The largest absolute Gasteiger partial charge is 0.494 e. The van der Waals surface area contributed by atoms with Crippen LogP contribution >= 0.6 is 11.6 Å². The number of aliphatic imine (C=N–C) groups is 1. The zero-order valence-corrected chi connectivity index (χ0v) is 20.4. The maximum atomic E-state index is 13.7. The smallest absolute Gasteiger partial charge is 0.265 e. The molecule has 1 N–H and O–H groups in total. The van der Waals surface area contributed by atoms with Crippen molar-refractivity contribution in [3.05, 3.63) is 93.2 Å². The monoisotopic (exact) mass is 501 g/mol. The van der Waals surface area contributed by atoms with Gasteiger partial charge >= 0.3 is 0 Å². The van der Waals surface area contributed by atoms with Gasteiger partial charge in [0, 0.05) is 40.7 Å². The van der Waals surface area contributed by atoms with Crippen LogP contribution in [0, 0.1) is 0 Å². The third kappa shape index (κ3) is 4.51. The third-order valence-corrected chi connectivity index (χ3v) is 6.46. The number of rotatable bonds is 5. The van der Waals surface area contributed by atoms with Gasteiger partial charge in [0.15, 0.2) is 5.78 Å². The standard InChI is InChI=1S/C28H24ClN3O4/c1-18(33)19-5-4-6-21(15-19)30-17-24-22-7-2-3-8-23(22)27(34)32(28(24)35)26-16-20(29)9-10-25(26)31-11-13-36-14-12-31/h2-10,15-17,35H,11-14H2,1H3. The van der Waals surface area contributed by atoms with Crippen molar-refractivity contribution in [2.45, 2.75) is 6.92 Å². The number of carbonyl (C=O) groups excluding carboxylic acids is 1. The number of fused-ring (bicyclic) bond motifs is 1. The van der Waals surface area contributed by atoms with Crippen LogP contribution in [0.5, 0.6) is 5.88 Å². The number of anilines is 1. The fourth-order valence-corrected chi connectivity index (χ4v) is 4.57. The molecule has 0 spiro atoms. The molecule has 0 aliphatic carbocycles. The van der Waals surface area contributed by atoms with Crippen LogP contribution in [0.3, 0.4) is 0 Å². The second-order valence-corrected chi connectivity index (χ2v) is 8.96. The zero-order chi connectivity index (χ0) is 25.2. The first-order valence-electron chi connectivity index (χ1n) is 11.6. The molecule has 1 aliphatic rings. The maximum absolute atomic E-state index is 13.7. The number of Topliss-reactive ketones (excluding diaryl/α,β-unsaturated/α-hetero) is 1. The van der Waals surface area contributed by atoms with Gasteiger partial charge in [-0.15, -0.1) is 0 Å². The van der Waals surface area contributed by atoms with Gasteiger partial charge in [-0.05, 0) is 43.3 Å². The van der Waals surface area contributed by atoms with E-state index in [-0.39, 0.29) is 17.2 Å². The number of morpholine rings is 1. The first kappa shape index (κ1) is 23.8. The molecule has 7 nitrogen and oxygen atoms in total. The normalized spacial score (nSPS) is 14.0. The molecule has 182 valence electrons. The lowest BCUT2D eigenvalue weighted by molar-refractivity contribution is 0.101. The quantitative estimate of drug-likeness (QED) is 0.302. The number of aromatic nitrogens is 1. The van der Waals surface area contributed by atoms with Crippen LogP contribution in [-0.2, 0) is 4.74 Å². The van der Waals surface area contributed by atoms with Crippen molar-refractivity contribution in [1.82, 2.24) is 4.57 Å². The molecule has 1 fully saturated rings. The van der Waals surface area contributed by atoms with Gasteiger partial charge in [-0.2, -0.15) is 0 Å². The number of carbonyl (C=O) groups is 1. The molecule has 0 bridgehead atoms. The van der Waals surface area contributed by atoms with Gasteiger partial charge in [0.1, 0.15) is 0 Å². The number of halogens is 1. The van der Waals surface area contributed by atoms with Crippen LogP contribution in [0.15, 0.2) is 76.5 Å². The molecule has 2 heterocycles. The van der Waals surface area contributed by atoms with E-state index in [2.05, 4.69) is 9.89 Å². The minimum atomic E-state index is -0.365. The zero-order valence-electron chi connectivity index (χ0n) is 19.6. The van der Waals surface area contributed by atoms with E-state index in [4.69, 9.17) is 16.3 Å². The molecule has 0 atom stereocenters. The summed E-state index contributed by atoms with van der Waals surface area (Å²) in [6.07, 6.45) is 1.52. The molecular weight excluding hydrogens is 478 g/mol. The number of hydrogen-bond acceptors (Lipinski definition) is 6. The van der Waals surface area contributed by atoms with E-state index >= 15 is 0 Å². The topological polar surface area (TPSA) is 84.1 Å². The second kappa shape index (κ2) is 9.97. The van der Waals surface area contributed by atoms with Gasteiger partial charge in [0.25, 0.3) is 5.56 Å². The van der Waals surface area contributed by atoms with E-state index in [0.29, 0.717) is 64.6 Å². The van der Waals surface area contributed by atoms with E-state index < -0.39 is 0 Å². The van der Waals surface area contributed by atoms with Crippen molar-refractivity contribution in [3.8, 4) is 11.6 Å². The number of benzene rings is 3. The van der Waals surface area contributed by atoms with Crippen molar-refractivity contribution in [1.29, 1.82) is 0 Å². The molecule has 5 rings (SSSR count). The Hall–Kier alpha value is -3.94. The average Bonchev–Trinajstić information content (AvgIpc) is 2.89. The molecule has 0 radical (unpaired) electrons. The molecule has 8 heteroatoms. The SMILES string of the molecule is CC(=O)c1cccc(N=Cc2c(O)n(-c3cc(Cl)ccc3N3CCOCC3)c(=O)c3ccccc23)c1. The summed E-state index contributed by atoms with van der Waals surface area (Å²) in [7, 11) is 0. The fourth-order valence-electron chi connectivity index (χ4n) is 4.40. The predicted molar refractivity (Wildman–Crippen MR) is 143 cm³/mol. The molecular formula is C28H24ClN3O4.